The third-order valence-electron chi connectivity index (χ3n) is 3.31. The van der Waals surface area contributed by atoms with Crippen molar-refractivity contribution in [2.24, 2.45) is 0 Å². The van der Waals surface area contributed by atoms with Gasteiger partial charge in [-0.2, -0.15) is 0 Å². The van der Waals surface area contributed by atoms with Gasteiger partial charge in [0, 0.05) is 0 Å². The molecular weight excluding hydrogens is 310 g/mol. The minimum atomic E-state index is -0.874. The smallest absolute Gasteiger partial charge is 0.309 e. The van der Waals surface area contributed by atoms with Crippen LogP contribution in [0.15, 0.2) is 16.7 Å². The second-order valence-electron chi connectivity index (χ2n) is 4.66. The van der Waals surface area contributed by atoms with E-state index in [2.05, 4.69) is 32.0 Å². The van der Waals surface area contributed by atoms with Crippen molar-refractivity contribution >= 4 is 38.7 Å². The van der Waals surface area contributed by atoms with E-state index in [0.717, 1.165) is 15.6 Å². The maximum Gasteiger partial charge on any atom is 0.309 e. The van der Waals surface area contributed by atoms with Gasteiger partial charge in [-0.05, 0) is 53.0 Å². The van der Waals surface area contributed by atoms with E-state index in [1.807, 2.05) is 24.3 Å². The molecule has 3 rings (SSSR count). The number of rotatable bonds is 2. The molecule has 0 unspecified atom stereocenters. The van der Waals surface area contributed by atoms with Crippen molar-refractivity contribution < 1.29 is 9.90 Å². The number of fused-ring (bicyclic) bond motifs is 3. The number of nitrogens with zero attached hydrogens (tertiary/aromatic N) is 2. The predicted octanol–water partition coefficient (Wildman–Crippen LogP) is 2.82. The second-order valence-corrected chi connectivity index (χ2v) is 5.41. The number of nitrogens with one attached hydrogen (secondary N) is 1. The number of aryl methyl sites for hydroxylation is 2. The summed E-state index contributed by atoms with van der Waals surface area (Å²) in [5.41, 5.74) is 4.86. The standard InChI is InChI=1S/C13H12BrN3O2/c1-6-3-8-10(4-7(6)2)17-12(14)9(5-11(18)19)16-13(17)15-8/h3-4H,5H2,1-2H3,(H,15,16)(H,18,19). The summed E-state index contributed by atoms with van der Waals surface area (Å²) in [5.74, 6) is -0.218. The molecule has 2 N–H and O–H groups in total. The Kier molecular flexibility index (Phi) is 2.63. The van der Waals surface area contributed by atoms with Crippen LogP contribution in [0.5, 0.6) is 0 Å². The zero-order valence-corrected chi connectivity index (χ0v) is 12.1. The van der Waals surface area contributed by atoms with Crippen LogP contribution in [0.1, 0.15) is 16.8 Å². The van der Waals surface area contributed by atoms with Crippen LogP contribution in [0.4, 0.5) is 0 Å². The number of benzene rings is 1. The van der Waals surface area contributed by atoms with Crippen molar-refractivity contribution in [1.29, 1.82) is 0 Å². The van der Waals surface area contributed by atoms with Crippen LogP contribution in [-0.2, 0) is 11.2 Å². The summed E-state index contributed by atoms with van der Waals surface area (Å²) in [6, 6.07) is 4.10. The van der Waals surface area contributed by atoms with Gasteiger partial charge in [0.2, 0.25) is 5.78 Å². The van der Waals surface area contributed by atoms with Gasteiger partial charge < -0.3 is 10.1 Å². The summed E-state index contributed by atoms with van der Waals surface area (Å²) in [5, 5.41) is 8.88. The first-order chi connectivity index (χ1) is 8.97. The molecule has 0 fully saturated rings. The van der Waals surface area contributed by atoms with Crippen LogP contribution < -0.4 is 0 Å². The van der Waals surface area contributed by atoms with Gasteiger partial charge in [-0.1, -0.05) is 0 Å². The Hall–Kier alpha value is -1.82. The predicted molar refractivity (Wildman–Crippen MR) is 75.6 cm³/mol. The van der Waals surface area contributed by atoms with Crippen LogP contribution in [0.2, 0.25) is 0 Å². The maximum absolute atomic E-state index is 10.8. The summed E-state index contributed by atoms with van der Waals surface area (Å²) in [6.45, 7) is 4.10. The van der Waals surface area contributed by atoms with E-state index in [1.54, 1.807) is 0 Å². The second kappa shape index (κ2) is 4.09. The molecule has 0 amide bonds. The Balaban J connectivity index is 2.32. The number of hydrogen-bond donors (Lipinski definition) is 2. The number of imidazole rings is 2. The zero-order valence-electron chi connectivity index (χ0n) is 10.5. The highest BCUT2D eigenvalue weighted by Gasteiger charge is 2.16. The average Bonchev–Trinajstić information content (AvgIpc) is 2.78. The lowest BCUT2D eigenvalue weighted by Crippen LogP contribution is -2.01. The number of carboxylic acids is 1. The molecule has 3 aromatic rings. The summed E-state index contributed by atoms with van der Waals surface area (Å²) in [7, 11) is 0. The Labute approximate surface area is 117 Å². The van der Waals surface area contributed by atoms with E-state index in [4.69, 9.17) is 5.11 Å². The highest BCUT2D eigenvalue weighted by molar-refractivity contribution is 9.10. The first kappa shape index (κ1) is 12.2. The van der Waals surface area contributed by atoms with Crippen molar-refractivity contribution in [3.63, 3.8) is 0 Å². The molecule has 2 aromatic heterocycles. The first-order valence-electron chi connectivity index (χ1n) is 5.85. The number of halogens is 1. The Morgan fingerprint density at radius 2 is 2.11 bits per heavy atom. The van der Waals surface area contributed by atoms with Crippen molar-refractivity contribution in [2.45, 2.75) is 20.3 Å². The molecule has 1 aromatic carbocycles. The van der Waals surface area contributed by atoms with Gasteiger partial charge in [-0.15, -0.1) is 0 Å². The minimum absolute atomic E-state index is 0.0592. The molecule has 0 aliphatic carbocycles. The molecular formula is C13H12BrN3O2. The third kappa shape index (κ3) is 1.83. The summed E-state index contributed by atoms with van der Waals surface area (Å²) in [6.07, 6.45) is -0.0592. The molecule has 98 valence electrons. The Morgan fingerprint density at radius 1 is 1.42 bits per heavy atom. The normalized spacial score (nSPS) is 11.5. The quantitative estimate of drug-likeness (QED) is 0.762. The van der Waals surface area contributed by atoms with Crippen molar-refractivity contribution in [2.75, 3.05) is 0 Å². The molecule has 0 bridgehead atoms. The van der Waals surface area contributed by atoms with Gasteiger partial charge in [0.15, 0.2) is 0 Å². The SMILES string of the molecule is Cc1cc2nc3[nH]c(CC(=O)O)c(Br)n3c2cc1C. The monoisotopic (exact) mass is 321 g/mol. The molecule has 0 spiro atoms. The molecule has 0 aliphatic rings. The minimum Gasteiger partial charge on any atom is -0.481 e. The van der Waals surface area contributed by atoms with E-state index >= 15 is 0 Å². The van der Waals surface area contributed by atoms with Gasteiger partial charge in [0.1, 0.15) is 4.60 Å². The average molecular weight is 322 g/mol. The van der Waals surface area contributed by atoms with Crippen molar-refractivity contribution in [3.05, 3.63) is 33.6 Å². The zero-order chi connectivity index (χ0) is 13.7. The fraction of sp³-hybridized carbons (Fsp3) is 0.231. The third-order valence-corrected chi connectivity index (χ3v) is 4.14. The fourth-order valence-corrected chi connectivity index (χ4v) is 2.80. The number of H-pyrrole nitrogens is 1. The van der Waals surface area contributed by atoms with Crippen LogP contribution in [0.25, 0.3) is 16.8 Å². The molecule has 19 heavy (non-hydrogen) atoms. The van der Waals surface area contributed by atoms with Gasteiger partial charge in [0.05, 0.1) is 23.1 Å². The molecule has 5 nitrogen and oxygen atoms in total. The van der Waals surface area contributed by atoms with Gasteiger partial charge in [0.25, 0.3) is 0 Å². The van der Waals surface area contributed by atoms with Gasteiger partial charge in [-0.25, -0.2) is 4.98 Å². The lowest BCUT2D eigenvalue weighted by atomic mass is 10.1. The van der Waals surface area contributed by atoms with E-state index in [-0.39, 0.29) is 6.42 Å². The number of carbonyl (C=O) groups is 1. The summed E-state index contributed by atoms with van der Waals surface area (Å²) < 4.78 is 2.62. The fourth-order valence-electron chi connectivity index (χ4n) is 2.20. The Morgan fingerprint density at radius 3 is 2.79 bits per heavy atom. The number of aromatic amines is 1. The van der Waals surface area contributed by atoms with E-state index < -0.39 is 5.97 Å². The van der Waals surface area contributed by atoms with E-state index in [0.29, 0.717) is 11.5 Å². The van der Waals surface area contributed by atoms with Crippen molar-refractivity contribution in [1.82, 2.24) is 14.4 Å². The van der Waals surface area contributed by atoms with Crippen LogP contribution in [0, 0.1) is 13.8 Å². The molecule has 0 aliphatic heterocycles. The molecule has 0 saturated carbocycles. The summed E-state index contributed by atoms with van der Waals surface area (Å²) >= 11 is 3.45. The number of aliphatic carboxylic acids is 1. The highest BCUT2D eigenvalue weighted by Crippen LogP contribution is 2.27. The topological polar surface area (TPSA) is 70.4 Å². The maximum atomic E-state index is 10.8. The molecule has 6 heteroatoms. The highest BCUT2D eigenvalue weighted by atomic mass is 79.9. The first-order valence-corrected chi connectivity index (χ1v) is 6.64. The van der Waals surface area contributed by atoms with E-state index in [1.165, 1.54) is 11.1 Å². The Bertz CT molecular complexity index is 816. The van der Waals surface area contributed by atoms with E-state index in [9.17, 15) is 4.79 Å². The number of hydrogen-bond acceptors (Lipinski definition) is 2. The van der Waals surface area contributed by atoms with Crippen molar-refractivity contribution in [3.8, 4) is 0 Å². The van der Waals surface area contributed by atoms with Crippen LogP contribution in [-0.4, -0.2) is 25.4 Å². The van der Waals surface area contributed by atoms with Crippen LogP contribution >= 0.6 is 15.9 Å². The van der Waals surface area contributed by atoms with Crippen LogP contribution in [0.3, 0.4) is 0 Å². The lowest BCUT2D eigenvalue weighted by Gasteiger charge is -2.00. The number of carboxylic acid groups (broad SMARTS) is 1. The molecule has 0 atom stereocenters. The molecule has 2 heterocycles. The lowest BCUT2D eigenvalue weighted by molar-refractivity contribution is -0.136. The summed E-state index contributed by atoms with van der Waals surface area (Å²) in [4.78, 5) is 18.3. The van der Waals surface area contributed by atoms with Gasteiger partial charge >= 0.3 is 5.97 Å². The van der Waals surface area contributed by atoms with Gasteiger partial charge in [-0.3, -0.25) is 9.20 Å². The molecule has 0 radical (unpaired) electrons. The largest absolute Gasteiger partial charge is 0.481 e. The number of aromatic nitrogens is 3. The molecule has 0 saturated heterocycles.